The Morgan fingerprint density at radius 3 is 2.75 bits per heavy atom. The van der Waals surface area contributed by atoms with Gasteiger partial charge in [0.15, 0.2) is 5.65 Å². The Hall–Kier alpha value is -2.32. The lowest BCUT2D eigenvalue weighted by Crippen LogP contribution is -2.52. The molecule has 2 aromatic heterocycles. The van der Waals surface area contributed by atoms with E-state index in [1.54, 1.807) is 11.1 Å². The van der Waals surface area contributed by atoms with Gasteiger partial charge in [-0.2, -0.15) is 5.10 Å². The van der Waals surface area contributed by atoms with Crippen LogP contribution in [0, 0.1) is 0 Å². The fraction of sp³-hybridized carbons (Fsp3) is 0.600. The smallest absolute Gasteiger partial charge is 0.304 e. The first-order valence-corrected chi connectivity index (χ1v) is 8.40. The second-order valence-corrected chi connectivity index (χ2v) is 6.62. The molecule has 0 spiro atoms. The Morgan fingerprint density at radius 2 is 2.04 bits per heavy atom. The van der Waals surface area contributed by atoms with Gasteiger partial charge in [-0.1, -0.05) is 19.3 Å². The highest BCUT2D eigenvalue weighted by Gasteiger charge is 2.33. The van der Waals surface area contributed by atoms with Gasteiger partial charge in [-0.25, -0.2) is 9.67 Å². The molecule has 2 aromatic rings. The van der Waals surface area contributed by atoms with Crippen molar-refractivity contribution in [3.63, 3.8) is 0 Å². The molecule has 4 rings (SSSR count). The monoisotopic (exact) mass is 326 g/mol. The third-order valence-corrected chi connectivity index (χ3v) is 5.08. The maximum absolute atomic E-state index is 12.3. The van der Waals surface area contributed by atoms with E-state index >= 15 is 0 Å². The van der Waals surface area contributed by atoms with Crippen LogP contribution < -0.4 is 10.8 Å². The van der Waals surface area contributed by atoms with Crippen molar-refractivity contribution in [1.29, 1.82) is 0 Å². The summed E-state index contributed by atoms with van der Waals surface area (Å²) in [6, 6.07) is 0.00114. The summed E-state index contributed by atoms with van der Waals surface area (Å²) in [5, 5.41) is 7.06. The number of hydrogen-bond donors (Lipinski definition) is 2. The van der Waals surface area contributed by atoms with Crippen molar-refractivity contribution in [3.8, 4) is 0 Å². The molecule has 8 nitrogen and oxygen atoms in total. The van der Waals surface area contributed by atoms with E-state index in [9.17, 15) is 9.59 Å². The van der Waals surface area contributed by atoms with Gasteiger partial charge in [-0.3, -0.25) is 9.59 Å². The van der Waals surface area contributed by atoms with Crippen molar-refractivity contribution in [3.05, 3.63) is 22.4 Å². The van der Waals surface area contributed by atoms with Gasteiger partial charge in [0.2, 0.25) is 7.98 Å². The fourth-order valence-corrected chi connectivity index (χ4v) is 3.65. The van der Waals surface area contributed by atoms with Crippen molar-refractivity contribution in [2.45, 2.75) is 44.1 Å². The second kappa shape index (κ2) is 5.96. The van der Waals surface area contributed by atoms with E-state index in [1.807, 2.05) is 4.68 Å². The quantitative estimate of drug-likeness (QED) is 0.799. The van der Waals surface area contributed by atoms with E-state index in [2.05, 4.69) is 20.3 Å². The van der Waals surface area contributed by atoms with Crippen molar-refractivity contribution in [2.24, 2.45) is 0 Å². The van der Waals surface area contributed by atoms with Gasteiger partial charge in [0.25, 0.3) is 5.56 Å². The Kier molecular flexibility index (Phi) is 3.78. The lowest BCUT2D eigenvalue weighted by molar-refractivity contribution is 0.153. The zero-order valence-corrected chi connectivity index (χ0v) is 13.4. The molecule has 0 bridgehead atoms. The molecule has 9 heteroatoms. The topological polar surface area (TPSA) is 95.9 Å². The highest BCUT2D eigenvalue weighted by Crippen LogP contribution is 2.30. The zero-order valence-electron chi connectivity index (χ0n) is 13.4. The van der Waals surface area contributed by atoms with Crippen LogP contribution in [-0.4, -0.2) is 51.8 Å². The van der Waals surface area contributed by atoms with Crippen LogP contribution in [0.1, 0.15) is 49.9 Å². The SMILES string of the molecule is [B]NC(=O)N1CC(c2nc3c(cnn3C3CCCCC3)c(=O)[nH]2)C1. The first-order valence-electron chi connectivity index (χ1n) is 8.40. The predicted octanol–water partition coefficient (Wildman–Crippen LogP) is 0.817. The van der Waals surface area contributed by atoms with Crippen molar-refractivity contribution >= 4 is 25.0 Å². The van der Waals surface area contributed by atoms with E-state index < -0.39 is 0 Å². The van der Waals surface area contributed by atoms with E-state index in [0.717, 1.165) is 12.8 Å². The highest BCUT2D eigenvalue weighted by molar-refractivity contribution is 6.13. The second-order valence-electron chi connectivity index (χ2n) is 6.62. The minimum atomic E-state index is -0.318. The van der Waals surface area contributed by atoms with Crippen molar-refractivity contribution in [1.82, 2.24) is 29.9 Å². The third-order valence-electron chi connectivity index (χ3n) is 5.08. The molecule has 0 aromatic carbocycles. The molecule has 2 amide bonds. The van der Waals surface area contributed by atoms with Crippen LogP contribution in [0.3, 0.4) is 0 Å². The number of nitrogens with zero attached hydrogens (tertiary/aromatic N) is 4. The summed E-state index contributed by atoms with van der Waals surface area (Å²) in [7, 11) is 5.13. The highest BCUT2D eigenvalue weighted by atomic mass is 16.2. The average molecular weight is 326 g/mol. The molecule has 124 valence electrons. The van der Waals surface area contributed by atoms with Crippen LogP contribution in [0.4, 0.5) is 4.79 Å². The molecule has 0 unspecified atom stereocenters. The molecule has 2 radical (unpaired) electrons. The Morgan fingerprint density at radius 1 is 1.29 bits per heavy atom. The number of fused-ring (bicyclic) bond motifs is 1. The maximum Gasteiger partial charge on any atom is 0.304 e. The number of hydrogen-bond acceptors (Lipinski definition) is 4. The fourth-order valence-electron chi connectivity index (χ4n) is 3.65. The van der Waals surface area contributed by atoms with Gasteiger partial charge in [0.05, 0.1) is 18.2 Å². The summed E-state index contributed by atoms with van der Waals surface area (Å²) in [5.74, 6) is 0.639. The number of rotatable bonds is 2. The third kappa shape index (κ3) is 2.48. The summed E-state index contributed by atoms with van der Waals surface area (Å²) < 4.78 is 1.91. The van der Waals surface area contributed by atoms with Crippen LogP contribution in [0.5, 0.6) is 0 Å². The summed E-state index contributed by atoms with van der Waals surface area (Å²) in [6.45, 7) is 0.990. The number of nitrogens with one attached hydrogen (secondary N) is 2. The average Bonchev–Trinajstić information content (AvgIpc) is 2.98. The molecular formula is C15H19BN6O2. The number of amides is 2. The first-order chi connectivity index (χ1) is 11.7. The number of likely N-dealkylation sites (tertiary alicyclic amines) is 1. The number of carbonyl (C=O) groups excluding carboxylic acids is 1. The molecular weight excluding hydrogens is 307 g/mol. The summed E-state index contributed by atoms with van der Waals surface area (Å²) in [4.78, 5) is 32.9. The Bertz CT molecular complexity index is 819. The molecule has 1 aliphatic carbocycles. The number of H-pyrrole nitrogens is 1. The van der Waals surface area contributed by atoms with E-state index in [0.29, 0.717) is 36.0 Å². The van der Waals surface area contributed by atoms with Crippen LogP contribution in [-0.2, 0) is 0 Å². The maximum atomic E-state index is 12.3. The van der Waals surface area contributed by atoms with Crippen molar-refractivity contribution in [2.75, 3.05) is 13.1 Å². The molecule has 24 heavy (non-hydrogen) atoms. The minimum Gasteiger partial charge on any atom is -0.391 e. The van der Waals surface area contributed by atoms with Crippen LogP contribution >= 0.6 is 0 Å². The molecule has 1 aliphatic heterocycles. The van der Waals surface area contributed by atoms with E-state index in [-0.39, 0.29) is 17.5 Å². The predicted molar refractivity (Wildman–Crippen MR) is 88.9 cm³/mol. The summed E-state index contributed by atoms with van der Waals surface area (Å²) in [5.41, 5.74) is 0.487. The molecule has 2 aliphatic rings. The number of aromatic nitrogens is 4. The lowest BCUT2D eigenvalue weighted by Gasteiger charge is -2.38. The molecule has 1 saturated heterocycles. The van der Waals surface area contributed by atoms with Gasteiger partial charge in [-0.05, 0) is 12.8 Å². The van der Waals surface area contributed by atoms with Crippen LogP contribution in [0.25, 0.3) is 11.0 Å². The molecule has 2 fully saturated rings. The van der Waals surface area contributed by atoms with Gasteiger partial charge in [-0.15, -0.1) is 0 Å². The first kappa shape index (κ1) is 15.2. The summed E-state index contributed by atoms with van der Waals surface area (Å²) >= 11 is 0. The minimum absolute atomic E-state index is 0.0223. The van der Waals surface area contributed by atoms with E-state index in [4.69, 9.17) is 7.98 Å². The number of urea groups is 1. The number of aromatic amines is 1. The Balaban J connectivity index is 1.64. The summed E-state index contributed by atoms with van der Waals surface area (Å²) in [6.07, 6.45) is 7.40. The zero-order chi connectivity index (χ0) is 16.7. The van der Waals surface area contributed by atoms with E-state index in [1.165, 1.54) is 19.3 Å². The van der Waals surface area contributed by atoms with Gasteiger partial charge < -0.3 is 15.1 Å². The van der Waals surface area contributed by atoms with Gasteiger partial charge in [0.1, 0.15) is 11.2 Å². The Labute approximate surface area is 140 Å². The standard InChI is InChI=1S/C15H19BN6O2/c16-20-15(24)21-7-9(8-21)12-18-13-11(14(23)19-12)6-17-22(13)10-4-2-1-3-5-10/h6,9-10H,1-5,7-8H2,(H,20,24)(H,18,19,23). The van der Waals surface area contributed by atoms with Crippen molar-refractivity contribution < 1.29 is 4.79 Å². The largest absolute Gasteiger partial charge is 0.391 e. The molecule has 0 atom stereocenters. The van der Waals surface area contributed by atoms with Gasteiger partial charge >= 0.3 is 6.03 Å². The van der Waals surface area contributed by atoms with Crippen LogP contribution in [0.2, 0.25) is 0 Å². The number of carbonyl (C=O) groups is 1. The van der Waals surface area contributed by atoms with Gasteiger partial charge in [0, 0.05) is 13.1 Å². The molecule has 3 heterocycles. The molecule has 2 N–H and O–H groups in total. The normalized spacial score (nSPS) is 19.4. The molecule has 1 saturated carbocycles. The lowest BCUT2D eigenvalue weighted by atomic mass is 9.96. The van der Waals surface area contributed by atoms with Crippen LogP contribution in [0.15, 0.2) is 11.0 Å².